The summed E-state index contributed by atoms with van der Waals surface area (Å²) in [6.45, 7) is 3.36. The van der Waals surface area contributed by atoms with E-state index in [2.05, 4.69) is 0 Å². The molecule has 2 aliphatic rings. The molecular weight excluding hydrogens is 452 g/mol. The zero-order chi connectivity index (χ0) is 23.5. The highest BCUT2D eigenvalue weighted by molar-refractivity contribution is 6.32. The Hall–Kier alpha value is -3.04. The van der Waals surface area contributed by atoms with E-state index in [-0.39, 0.29) is 23.4 Å². The molecule has 0 unspecified atom stereocenters. The Morgan fingerprint density at radius 2 is 2.12 bits per heavy atom. The maximum absolute atomic E-state index is 13.1. The number of β-lactam (4-membered cyclic amide) rings is 1. The minimum Gasteiger partial charge on any atom is -0.491 e. The van der Waals surface area contributed by atoms with Crippen LogP contribution in [0.15, 0.2) is 36.4 Å². The second-order valence-electron chi connectivity index (χ2n) is 7.83. The van der Waals surface area contributed by atoms with Crippen molar-refractivity contribution in [2.75, 3.05) is 26.9 Å². The van der Waals surface area contributed by atoms with E-state index in [1.54, 1.807) is 23.1 Å². The monoisotopic (exact) mass is 476 g/mol. The SMILES string of the molecule is CCOc1cc([C@@H]2[C@H](Oc3cccc([N+](=O)[O-])c3)C(=O)N2C[C@H]2CCCO2)cc(Cl)c1OC. The van der Waals surface area contributed by atoms with Gasteiger partial charge in [-0.25, -0.2) is 0 Å². The van der Waals surface area contributed by atoms with Gasteiger partial charge in [-0.2, -0.15) is 0 Å². The Morgan fingerprint density at radius 1 is 1.30 bits per heavy atom. The van der Waals surface area contributed by atoms with Gasteiger partial charge in [-0.15, -0.1) is 0 Å². The number of methoxy groups -OCH3 is 1. The summed E-state index contributed by atoms with van der Waals surface area (Å²) in [6, 6.07) is 8.83. The molecule has 2 aromatic rings. The molecule has 10 heteroatoms. The predicted octanol–water partition coefficient (Wildman–Crippen LogP) is 4.17. The molecule has 0 radical (unpaired) electrons. The van der Waals surface area contributed by atoms with Gasteiger partial charge in [0.05, 0.1) is 35.8 Å². The van der Waals surface area contributed by atoms with E-state index in [4.69, 9.17) is 30.5 Å². The van der Waals surface area contributed by atoms with Crippen molar-refractivity contribution in [2.24, 2.45) is 0 Å². The lowest BCUT2D eigenvalue weighted by Crippen LogP contribution is -2.62. The van der Waals surface area contributed by atoms with Gasteiger partial charge < -0.3 is 23.8 Å². The van der Waals surface area contributed by atoms with Gasteiger partial charge in [0.1, 0.15) is 11.8 Å². The predicted molar refractivity (Wildman–Crippen MR) is 120 cm³/mol. The highest BCUT2D eigenvalue weighted by Gasteiger charge is 2.51. The highest BCUT2D eigenvalue weighted by Crippen LogP contribution is 2.44. The highest BCUT2D eigenvalue weighted by atomic mass is 35.5. The quantitative estimate of drug-likeness (QED) is 0.304. The van der Waals surface area contributed by atoms with Gasteiger partial charge in [0.25, 0.3) is 11.6 Å². The normalized spacial score (nSPS) is 22.1. The molecule has 2 saturated heterocycles. The minimum atomic E-state index is -0.868. The average Bonchev–Trinajstić information content (AvgIpc) is 3.31. The molecular formula is C23H25ClN2O7. The van der Waals surface area contributed by atoms with Gasteiger partial charge in [0.15, 0.2) is 11.5 Å². The fourth-order valence-electron chi connectivity index (χ4n) is 4.23. The average molecular weight is 477 g/mol. The molecule has 4 rings (SSSR count). The molecule has 2 heterocycles. The van der Waals surface area contributed by atoms with Crippen molar-refractivity contribution in [3.05, 3.63) is 57.1 Å². The van der Waals surface area contributed by atoms with Gasteiger partial charge >= 0.3 is 0 Å². The summed E-state index contributed by atoms with van der Waals surface area (Å²) in [7, 11) is 1.51. The van der Waals surface area contributed by atoms with Crippen molar-refractivity contribution in [3.63, 3.8) is 0 Å². The van der Waals surface area contributed by atoms with E-state index < -0.39 is 17.1 Å². The van der Waals surface area contributed by atoms with Gasteiger partial charge in [-0.1, -0.05) is 17.7 Å². The molecule has 3 atom stereocenters. The summed E-state index contributed by atoms with van der Waals surface area (Å²) in [5.74, 6) is 0.906. The maximum Gasteiger partial charge on any atom is 0.273 e. The summed E-state index contributed by atoms with van der Waals surface area (Å²) in [5, 5.41) is 11.5. The lowest BCUT2D eigenvalue weighted by molar-refractivity contribution is -0.385. The van der Waals surface area contributed by atoms with Crippen molar-refractivity contribution in [1.82, 2.24) is 4.90 Å². The van der Waals surface area contributed by atoms with E-state index in [0.29, 0.717) is 36.3 Å². The number of ether oxygens (including phenoxy) is 4. The first kappa shape index (κ1) is 23.1. The fourth-order valence-corrected chi connectivity index (χ4v) is 4.53. The Bertz CT molecular complexity index is 1040. The second-order valence-corrected chi connectivity index (χ2v) is 8.24. The third kappa shape index (κ3) is 4.69. The lowest BCUT2D eigenvalue weighted by Gasteiger charge is -2.47. The molecule has 2 aliphatic heterocycles. The molecule has 0 saturated carbocycles. The van der Waals surface area contributed by atoms with Gasteiger partial charge in [0, 0.05) is 19.2 Å². The minimum absolute atomic E-state index is 0.0460. The molecule has 0 N–H and O–H groups in total. The number of carbonyl (C=O) groups is 1. The van der Waals surface area contributed by atoms with Crippen LogP contribution in [0.4, 0.5) is 5.69 Å². The third-order valence-electron chi connectivity index (χ3n) is 5.74. The second kappa shape index (κ2) is 9.84. The molecule has 1 amide bonds. The summed E-state index contributed by atoms with van der Waals surface area (Å²) in [4.78, 5) is 25.4. The molecule has 176 valence electrons. The van der Waals surface area contributed by atoms with Gasteiger partial charge in [0.2, 0.25) is 6.10 Å². The van der Waals surface area contributed by atoms with Gasteiger partial charge in [-0.05, 0) is 43.5 Å². The molecule has 0 aliphatic carbocycles. The Morgan fingerprint density at radius 3 is 2.79 bits per heavy atom. The number of nitro benzene ring substituents is 1. The number of rotatable bonds is 9. The van der Waals surface area contributed by atoms with E-state index >= 15 is 0 Å². The molecule has 9 nitrogen and oxygen atoms in total. The maximum atomic E-state index is 13.1. The van der Waals surface area contributed by atoms with E-state index in [1.165, 1.54) is 25.3 Å². The van der Waals surface area contributed by atoms with Crippen LogP contribution in [0.2, 0.25) is 5.02 Å². The van der Waals surface area contributed by atoms with Crippen LogP contribution in [0.5, 0.6) is 17.2 Å². The number of benzene rings is 2. The number of likely N-dealkylation sites (tertiary alicyclic amines) is 1. The van der Waals surface area contributed by atoms with Gasteiger partial charge in [-0.3, -0.25) is 14.9 Å². The summed E-state index contributed by atoms with van der Waals surface area (Å²) in [5.41, 5.74) is 0.607. The van der Waals surface area contributed by atoms with Crippen LogP contribution >= 0.6 is 11.6 Å². The summed E-state index contributed by atoms with van der Waals surface area (Å²) in [6.07, 6.45) is 0.913. The van der Waals surface area contributed by atoms with Crippen LogP contribution in [0.3, 0.4) is 0 Å². The number of non-ortho nitro benzene ring substituents is 1. The number of nitro groups is 1. The van der Waals surface area contributed by atoms with Crippen molar-refractivity contribution in [1.29, 1.82) is 0 Å². The molecule has 33 heavy (non-hydrogen) atoms. The van der Waals surface area contributed by atoms with E-state index in [0.717, 1.165) is 18.4 Å². The Kier molecular flexibility index (Phi) is 6.90. The van der Waals surface area contributed by atoms with Crippen LogP contribution in [0, 0.1) is 10.1 Å². The Balaban J connectivity index is 1.67. The van der Waals surface area contributed by atoms with Crippen LogP contribution < -0.4 is 14.2 Å². The first-order valence-electron chi connectivity index (χ1n) is 10.8. The number of hydrogen-bond acceptors (Lipinski definition) is 7. The fraction of sp³-hybridized carbons (Fsp3) is 0.435. The number of halogens is 1. The van der Waals surface area contributed by atoms with Crippen LogP contribution in [0.25, 0.3) is 0 Å². The molecule has 0 spiro atoms. The zero-order valence-electron chi connectivity index (χ0n) is 18.4. The van der Waals surface area contributed by atoms with Crippen molar-refractivity contribution < 1.29 is 28.7 Å². The van der Waals surface area contributed by atoms with Crippen LogP contribution in [-0.2, 0) is 9.53 Å². The summed E-state index contributed by atoms with van der Waals surface area (Å²) < 4.78 is 22.8. The lowest BCUT2D eigenvalue weighted by atomic mass is 9.89. The van der Waals surface area contributed by atoms with Crippen LogP contribution in [-0.4, -0.2) is 54.8 Å². The number of hydrogen-bond donors (Lipinski definition) is 0. The van der Waals surface area contributed by atoms with E-state index in [1.807, 2.05) is 6.92 Å². The Labute approximate surface area is 196 Å². The van der Waals surface area contributed by atoms with E-state index in [9.17, 15) is 14.9 Å². The van der Waals surface area contributed by atoms with Crippen molar-refractivity contribution >= 4 is 23.2 Å². The molecule has 0 bridgehead atoms. The molecule has 2 fully saturated rings. The first-order chi connectivity index (χ1) is 15.9. The third-order valence-corrected chi connectivity index (χ3v) is 6.02. The van der Waals surface area contributed by atoms with Crippen LogP contribution in [0.1, 0.15) is 31.4 Å². The largest absolute Gasteiger partial charge is 0.491 e. The number of nitrogens with zero attached hydrogens (tertiary/aromatic N) is 2. The smallest absolute Gasteiger partial charge is 0.273 e. The van der Waals surface area contributed by atoms with Crippen molar-refractivity contribution in [2.45, 2.75) is 38.0 Å². The van der Waals surface area contributed by atoms with Crippen molar-refractivity contribution in [3.8, 4) is 17.2 Å². The molecule has 0 aromatic heterocycles. The summed E-state index contributed by atoms with van der Waals surface area (Å²) >= 11 is 6.46. The number of carbonyl (C=O) groups excluding carboxylic acids is 1. The first-order valence-corrected chi connectivity index (χ1v) is 11.1. The standard InChI is InChI=1S/C23H25ClN2O7/c1-3-31-19-11-14(10-18(24)21(19)30-2)20-22(23(27)25(20)13-17-8-5-9-32-17)33-16-7-4-6-15(12-16)26(28)29/h4,6-7,10-12,17,20,22H,3,5,8-9,13H2,1-2H3/t17-,20-,22+/m1/s1. The topological polar surface area (TPSA) is 100 Å². The number of amides is 1. The molecule has 2 aromatic carbocycles. The zero-order valence-corrected chi connectivity index (χ0v) is 19.1.